The number of thiocarbonyl (C=S) groups is 2. The van der Waals surface area contributed by atoms with Crippen molar-refractivity contribution >= 4 is 56.0 Å². The summed E-state index contributed by atoms with van der Waals surface area (Å²) in [5, 5.41) is 4.44. The Labute approximate surface area is 155 Å². The molecule has 0 aliphatic carbocycles. The van der Waals surface area contributed by atoms with Crippen LogP contribution < -0.4 is 9.47 Å². The lowest BCUT2D eigenvalue weighted by atomic mass is 10.3. The third-order valence-corrected chi connectivity index (χ3v) is 5.24. The highest BCUT2D eigenvalue weighted by Crippen LogP contribution is 2.37. The molecule has 0 unspecified atom stereocenters. The van der Waals surface area contributed by atoms with E-state index in [-0.39, 0.29) is 21.3 Å². The van der Waals surface area contributed by atoms with Crippen molar-refractivity contribution in [3.8, 4) is 11.5 Å². The van der Waals surface area contributed by atoms with Gasteiger partial charge in [0.2, 0.25) is 9.84 Å². The van der Waals surface area contributed by atoms with Gasteiger partial charge in [0.05, 0.1) is 35.9 Å². The first-order chi connectivity index (χ1) is 12.0. The lowest BCUT2D eigenvalue weighted by Crippen LogP contribution is -2.06. The second-order valence-corrected chi connectivity index (χ2v) is 6.83. The summed E-state index contributed by atoms with van der Waals surface area (Å²) in [5.41, 5.74) is 0.867. The molecule has 6 nitrogen and oxygen atoms in total. The summed E-state index contributed by atoms with van der Waals surface area (Å²) in [6, 6.07) is 8.72. The van der Waals surface area contributed by atoms with Gasteiger partial charge in [-0.25, -0.2) is 8.42 Å². The van der Waals surface area contributed by atoms with E-state index in [4.69, 9.17) is 9.47 Å². The first-order valence-corrected chi connectivity index (χ1v) is 9.04. The molecule has 2 rings (SSSR count). The van der Waals surface area contributed by atoms with Crippen molar-refractivity contribution in [2.24, 2.45) is 9.98 Å². The molecule has 0 aromatic heterocycles. The van der Waals surface area contributed by atoms with Gasteiger partial charge in [0, 0.05) is 12.1 Å². The molecule has 2 aromatic rings. The summed E-state index contributed by atoms with van der Waals surface area (Å²) < 4.78 is 36.5. The third-order valence-electron chi connectivity index (χ3n) is 3.22. The minimum Gasteiger partial charge on any atom is -0.495 e. The van der Waals surface area contributed by atoms with Crippen LogP contribution >= 0.6 is 24.4 Å². The van der Waals surface area contributed by atoms with Crippen LogP contribution in [0.2, 0.25) is 0 Å². The van der Waals surface area contributed by atoms with Crippen LogP contribution in [0.5, 0.6) is 11.5 Å². The van der Waals surface area contributed by atoms with E-state index in [1.807, 2.05) is 0 Å². The Hall–Kier alpha value is -2.41. The number of hydrogen-bond donors (Lipinski definition) is 0. The molecule has 0 fully saturated rings. The number of hydrogen-bond acceptors (Lipinski definition) is 8. The van der Waals surface area contributed by atoms with Crippen LogP contribution in [0.25, 0.3) is 0 Å². The molecule has 0 atom stereocenters. The average Bonchev–Trinajstić information content (AvgIpc) is 2.61. The molecule has 128 valence electrons. The average molecular weight is 392 g/mol. The normalized spacial score (nSPS) is 10.3. The van der Waals surface area contributed by atoms with Crippen molar-refractivity contribution in [2.75, 3.05) is 14.2 Å². The smallest absolute Gasteiger partial charge is 0.213 e. The highest BCUT2D eigenvalue weighted by Gasteiger charge is 2.26. The fourth-order valence-corrected chi connectivity index (χ4v) is 3.88. The monoisotopic (exact) mass is 392 g/mol. The van der Waals surface area contributed by atoms with Crippen molar-refractivity contribution < 1.29 is 17.9 Å². The standard InChI is InChI=1S/C16H12N2O4S3/c1-21-13-7-11(17-9-23)3-5-15(13)25(19,20)16-6-4-12(18-10-24)8-14(16)22-2/h3-8H,1-2H3. The van der Waals surface area contributed by atoms with Crippen molar-refractivity contribution in [1.29, 1.82) is 0 Å². The minimum absolute atomic E-state index is 0.0253. The van der Waals surface area contributed by atoms with E-state index in [0.29, 0.717) is 11.4 Å². The molecule has 0 spiro atoms. The number of sulfone groups is 1. The van der Waals surface area contributed by atoms with Gasteiger partial charge in [-0.1, -0.05) is 0 Å². The predicted molar refractivity (Wildman–Crippen MR) is 101 cm³/mol. The minimum atomic E-state index is -3.91. The first-order valence-electron chi connectivity index (χ1n) is 6.75. The number of isothiocyanates is 2. The van der Waals surface area contributed by atoms with Gasteiger partial charge in [-0.3, -0.25) is 0 Å². The molecule has 0 aliphatic heterocycles. The van der Waals surface area contributed by atoms with E-state index >= 15 is 0 Å². The Balaban J connectivity index is 2.66. The third kappa shape index (κ3) is 3.99. The van der Waals surface area contributed by atoms with Crippen LogP contribution in [-0.2, 0) is 9.84 Å². The fourth-order valence-electron chi connectivity index (χ4n) is 2.12. The van der Waals surface area contributed by atoms with E-state index < -0.39 is 9.84 Å². The van der Waals surface area contributed by atoms with Gasteiger partial charge in [-0.05, 0) is 48.7 Å². The fraction of sp³-hybridized carbons (Fsp3) is 0.125. The Bertz CT molecular complexity index is 931. The Morgan fingerprint density at radius 1 is 0.840 bits per heavy atom. The number of aliphatic imine (C=N–C) groups is 2. The van der Waals surface area contributed by atoms with Crippen LogP contribution in [-0.4, -0.2) is 33.0 Å². The van der Waals surface area contributed by atoms with E-state index in [1.165, 1.54) is 50.6 Å². The van der Waals surface area contributed by atoms with Gasteiger partial charge in [0.25, 0.3) is 0 Å². The van der Waals surface area contributed by atoms with E-state index in [0.717, 1.165) is 0 Å². The number of nitrogens with zero attached hydrogens (tertiary/aromatic N) is 2. The summed E-state index contributed by atoms with van der Waals surface area (Å²) in [6.45, 7) is 0. The van der Waals surface area contributed by atoms with E-state index in [9.17, 15) is 8.42 Å². The second-order valence-electron chi connectivity index (χ2n) is 4.58. The molecular formula is C16H12N2O4S3. The van der Waals surface area contributed by atoms with Gasteiger partial charge < -0.3 is 9.47 Å². The first kappa shape index (κ1) is 18.9. The van der Waals surface area contributed by atoms with Crippen LogP contribution in [0.1, 0.15) is 0 Å². The summed E-state index contributed by atoms with van der Waals surface area (Å²) in [5.74, 6) is 0.268. The zero-order chi connectivity index (χ0) is 18.4. The molecule has 0 radical (unpaired) electrons. The number of benzene rings is 2. The quantitative estimate of drug-likeness (QED) is 0.546. The van der Waals surface area contributed by atoms with E-state index in [1.54, 1.807) is 0 Å². The second kappa shape index (κ2) is 8.11. The number of rotatable bonds is 6. The van der Waals surface area contributed by atoms with Crippen LogP contribution in [0.4, 0.5) is 11.4 Å². The van der Waals surface area contributed by atoms with Crippen molar-refractivity contribution in [3.05, 3.63) is 36.4 Å². The molecule has 0 amide bonds. The topological polar surface area (TPSA) is 77.3 Å². The molecule has 9 heteroatoms. The zero-order valence-electron chi connectivity index (χ0n) is 13.2. The Morgan fingerprint density at radius 2 is 1.24 bits per heavy atom. The zero-order valence-corrected chi connectivity index (χ0v) is 15.7. The molecule has 0 N–H and O–H groups in total. The molecule has 0 bridgehead atoms. The predicted octanol–water partition coefficient (Wildman–Crippen LogP) is 4.01. The Kier molecular flexibility index (Phi) is 6.14. The van der Waals surface area contributed by atoms with Crippen LogP contribution in [0.15, 0.2) is 56.2 Å². The summed E-state index contributed by atoms with van der Waals surface area (Å²) in [6.07, 6.45) is 0. The molecule has 0 saturated heterocycles. The lowest BCUT2D eigenvalue weighted by molar-refractivity contribution is 0.398. The van der Waals surface area contributed by atoms with Crippen molar-refractivity contribution in [2.45, 2.75) is 9.79 Å². The highest BCUT2D eigenvalue weighted by molar-refractivity contribution is 7.91. The summed E-state index contributed by atoms with van der Waals surface area (Å²) in [7, 11) is -1.18. The number of ether oxygens (including phenoxy) is 2. The van der Waals surface area contributed by atoms with Gasteiger partial charge in [0.15, 0.2) is 0 Å². The largest absolute Gasteiger partial charge is 0.495 e. The van der Waals surface area contributed by atoms with Crippen molar-refractivity contribution in [1.82, 2.24) is 0 Å². The summed E-state index contributed by atoms with van der Waals surface area (Å²) >= 11 is 9.10. The SMILES string of the molecule is COc1cc(N=C=S)ccc1S(=O)(=O)c1ccc(N=C=S)cc1OC. The maximum Gasteiger partial charge on any atom is 0.213 e. The molecular weight excluding hydrogens is 380 g/mol. The van der Waals surface area contributed by atoms with Crippen LogP contribution in [0.3, 0.4) is 0 Å². The van der Waals surface area contributed by atoms with E-state index in [2.05, 4.69) is 44.7 Å². The van der Waals surface area contributed by atoms with Gasteiger partial charge >= 0.3 is 0 Å². The van der Waals surface area contributed by atoms with Gasteiger partial charge in [-0.15, -0.1) is 0 Å². The lowest BCUT2D eigenvalue weighted by Gasteiger charge is -2.13. The van der Waals surface area contributed by atoms with Crippen LogP contribution in [0, 0.1) is 0 Å². The molecule has 0 heterocycles. The maximum atomic E-state index is 13.0. The maximum absolute atomic E-state index is 13.0. The van der Waals surface area contributed by atoms with Gasteiger partial charge in [0.1, 0.15) is 21.3 Å². The Morgan fingerprint density at radius 3 is 1.56 bits per heavy atom. The highest BCUT2D eigenvalue weighted by atomic mass is 32.2. The summed E-state index contributed by atoms with van der Waals surface area (Å²) in [4.78, 5) is 7.58. The van der Waals surface area contributed by atoms with Gasteiger partial charge in [-0.2, -0.15) is 9.98 Å². The van der Waals surface area contributed by atoms with Crippen molar-refractivity contribution in [3.63, 3.8) is 0 Å². The number of methoxy groups -OCH3 is 2. The molecule has 0 saturated carbocycles. The molecule has 2 aromatic carbocycles. The molecule has 0 aliphatic rings. The molecule has 25 heavy (non-hydrogen) atoms.